The molecule has 0 aliphatic rings. The van der Waals surface area contributed by atoms with Crippen LogP contribution in [0.5, 0.6) is 0 Å². The van der Waals surface area contributed by atoms with E-state index in [0.717, 1.165) is 9.79 Å². The summed E-state index contributed by atoms with van der Waals surface area (Å²) in [7, 11) is 0. The molecule has 2 aromatic carbocycles. The van der Waals surface area contributed by atoms with Crippen LogP contribution in [0.15, 0.2) is 52.3 Å². The molecule has 5 heteroatoms. The van der Waals surface area contributed by atoms with E-state index in [9.17, 15) is 0 Å². The molecule has 0 bridgehead atoms. The number of nitrogen functional groups attached to an aromatic ring is 1. The number of nitrogens with one attached hydrogen (secondary N) is 1. The first-order valence-electron chi connectivity index (χ1n) is 5.13. The van der Waals surface area contributed by atoms with Crippen LogP contribution >= 0.6 is 35.0 Å². The summed E-state index contributed by atoms with van der Waals surface area (Å²) in [5, 5.41) is 8.86. The van der Waals surface area contributed by atoms with E-state index in [2.05, 4.69) is 0 Å². The van der Waals surface area contributed by atoms with E-state index in [0.29, 0.717) is 15.6 Å². The second kappa shape index (κ2) is 5.65. The Morgan fingerprint density at radius 2 is 1.61 bits per heavy atom. The van der Waals surface area contributed by atoms with Gasteiger partial charge in [0.05, 0.1) is 0 Å². The zero-order valence-electron chi connectivity index (χ0n) is 9.28. The predicted molar refractivity (Wildman–Crippen MR) is 78.0 cm³/mol. The quantitative estimate of drug-likeness (QED) is 0.650. The number of amidine groups is 1. The van der Waals surface area contributed by atoms with Crippen molar-refractivity contribution >= 4 is 40.8 Å². The summed E-state index contributed by atoms with van der Waals surface area (Å²) >= 11 is 13.3. The second-order valence-electron chi connectivity index (χ2n) is 3.61. The highest BCUT2D eigenvalue weighted by molar-refractivity contribution is 7.99. The van der Waals surface area contributed by atoms with Gasteiger partial charge in [0.1, 0.15) is 5.84 Å². The number of benzene rings is 2. The van der Waals surface area contributed by atoms with Gasteiger partial charge in [-0.15, -0.1) is 0 Å². The highest BCUT2D eigenvalue weighted by atomic mass is 35.5. The number of hydrogen-bond acceptors (Lipinski definition) is 2. The fraction of sp³-hybridized carbons (Fsp3) is 0. The van der Waals surface area contributed by atoms with Crippen LogP contribution in [0.2, 0.25) is 10.0 Å². The van der Waals surface area contributed by atoms with Gasteiger partial charge in [-0.2, -0.15) is 0 Å². The van der Waals surface area contributed by atoms with Crippen LogP contribution in [0.25, 0.3) is 0 Å². The highest BCUT2D eigenvalue weighted by Crippen LogP contribution is 2.32. The standard InChI is InChI=1S/C13H10Cl2N2S/c14-8-1-4-10(5-2-8)18-12-7-9(15)3-6-11(12)13(16)17/h1-7H,(H3,16,17). The number of halogens is 2. The maximum atomic E-state index is 7.55. The van der Waals surface area contributed by atoms with Gasteiger partial charge in [0.15, 0.2) is 0 Å². The van der Waals surface area contributed by atoms with Crippen LogP contribution < -0.4 is 5.73 Å². The third-order valence-corrected chi connectivity index (χ3v) is 3.83. The zero-order valence-corrected chi connectivity index (χ0v) is 11.6. The molecule has 0 radical (unpaired) electrons. The van der Waals surface area contributed by atoms with E-state index in [4.69, 9.17) is 34.3 Å². The summed E-state index contributed by atoms with van der Waals surface area (Å²) < 4.78 is 0. The Bertz CT molecular complexity index is 582. The molecule has 0 aromatic heterocycles. The summed E-state index contributed by atoms with van der Waals surface area (Å²) in [6, 6.07) is 12.8. The second-order valence-corrected chi connectivity index (χ2v) is 5.60. The Morgan fingerprint density at radius 3 is 2.22 bits per heavy atom. The molecular formula is C13H10Cl2N2S. The molecule has 0 fully saturated rings. The molecule has 0 unspecified atom stereocenters. The topological polar surface area (TPSA) is 49.9 Å². The minimum absolute atomic E-state index is 0.0307. The van der Waals surface area contributed by atoms with E-state index in [-0.39, 0.29) is 5.84 Å². The normalized spacial score (nSPS) is 10.3. The lowest BCUT2D eigenvalue weighted by molar-refractivity contribution is 1.33. The van der Waals surface area contributed by atoms with Gasteiger partial charge in [0, 0.05) is 25.4 Å². The maximum Gasteiger partial charge on any atom is 0.123 e. The van der Waals surface area contributed by atoms with Crippen LogP contribution in [0, 0.1) is 5.41 Å². The van der Waals surface area contributed by atoms with Gasteiger partial charge < -0.3 is 5.73 Å². The van der Waals surface area contributed by atoms with Crippen molar-refractivity contribution in [3.05, 3.63) is 58.1 Å². The van der Waals surface area contributed by atoms with Crippen molar-refractivity contribution in [2.75, 3.05) is 0 Å². The van der Waals surface area contributed by atoms with Crippen molar-refractivity contribution in [2.24, 2.45) is 5.73 Å². The van der Waals surface area contributed by atoms with Crippen LogP contribution in [0.4, 0.5) is 0 Å². The first-order valence-corrected chi connectivity index (χ1v) is 6.71. The molecule has 0 aliphatic heterocycles. The molecule has 3 N–H and O–H groups in total. The summed E-state index contributed by atoms with van der Waals surface area (Å²) in [6.07, 6.45) is 0. The molecule has 2 nitrogen and oxygen atoms in total. The van der Waals surface area contributed by atoms with Gasteiger partial charge in [-0.05, 0) is 42.5 Å². The van der Waals surface area contributed by atoms with Gasteiger partial charge in [0.25, 0.3) is 0 Å². The van der Waals surface area contributed by atoms with Crippen LogP contribution in [0.1, 0.15) is 5.56 Å². The number of hydrogen-bond donors (Lipinski definition) is 2. The zero-order chi connectivity index (χ0) is 13.1. The van der Waals surface area contributed by atoms with E-state index in [1.165, 1.54) is 11.8 Å². The first-order chi connectivity index (χ1) is 8.56. The average molecular weight is 297 g/mol. The van der Waals surface area contributed by atoms with Crippen LogP contribution in [-0.2, 0) is 0 Å². The van der Waals surface area contributed by atoms with Gasteiger partial charge >= 0.3 is 0 Å². The monoisotopic (exact) mass is 296 g/mol. The minimum atomic E-state index is 0.0307. The molecule has 0 saturated carbocycles. The lowest BCUT2D eigenvalue weighted by Gasteiger charge is -2.08. The average Bonchev–Trinajstić information content (AvgIpc) is 2.32. The first kappa shape index (κ1) is 13.3. The van der Waals surface area contributed by atoms with Gasteiger partial charge in [-0.3, -0.25) is 5.41 Å². The molecule has 2 aromatic rings. The van der Waals surface area contributed by atoms with E-state index in [1.54, 1.807) is 18.2 Å². The molecule has 2 rings (SSSR count). The number of nitrogens with two attached hydrogens (primary N) is 1. The molecule has 18 heavy (non-hydrogen) atoms. The Hall–Kier alpha value is -1.16. The minimum Gasteiger partial charge on any atom is -0.384 e. The SMILES string of the molecule is N=C(N)c1ccc(Cl)cc1Sc1ccc(Cl)cc1. The third kappa shape index (κ3) is 3.19. The smallest absolute Gasteiger partial charge is 0.123 e. The molecule has 0 heterocycles. The Morgan fingerprint density at radius 1 is 1.00 bits per heavy atom. The van der Waals surface area contributed by atoms with E-state index >= 15 is 0 Å². The third-order valence-electron chi connectivity index (χ3n) is 2.28. The maximum absolute atomic E-state index is 7.55. The molecule has 0 aliphatic carbocycles. The lowest BCUT2D eigenvalue weighted by atomic mass is 10.2. The van der Waals surface area contributed by atoms with Crippen molar-refractivity contribution in [3.63, 3.8) is 0 Å². The van der Waals surface area contributed by atoms with Crippen molar-refractivity contribution < 1.29 is 0 Å². The van der Waals surface area contributed by atoms with Crippen molar-refractivity contribution in [2.45, 2.75) is 9.79 Å². The van der Waals surface area contributed by atoms with Gasteiger partial charge in [-0.25, -0.2) is 0 Å². The molecular weight excluding hydrogens is 287 g/mol. The predicted octanol–water partition coefficient (Wildman–Crippen LogP) is 4.43. The summed E-state index contributed by atoms with van der Waals surface area (Å²) in [5.74, 6) is 0.0307. The molecule has 0 amide bonds. The van der Waals surface area contributed by atoms with Crippen LogP contribution in [0.3, 0.4) is 0 Å². The van der Waals surface area contributed by atoms with Crippen LogP contribution in [-0.4, -0.2) is 5.84 Å². The molecule has 92 valence electrons. The van der Waals surface area contributed by atoms with Gasteiger partial charge in [-0.1, -0.05) is 35.0 Å². The van der Waals surface area contributed by atoms with E-state index < -0.39 is 0 Å². The van der Waals surface area contributed by atoms with Crippen molar-refractivity contribution in [1.29, 1.82) is 5.41 Å². The largest absolute Gasteiger partial charge is 0.384 e. The van der Waals surface area contributed by atoms with Crippen molar-refractivity contribution in [3.8, 4) is 0 Å². The Balaban J connectivity index is 2.35. The summed E-state index contributed by atoms with van der Waals surface area (Å²) in [5.41, 5.74) is 6.23. The molecule has 0 saturated heterocycles. The van der Waals surface area contributed by atoms with Gasteiger partial charge in [0.2, 0.25) is 0 Å². The Kier molecular flexibility index (Phi) is 4.17. The van der Waals surface area contributed by atoms with Crippen molar-refractivity contribution in [1.82, 2.24) is 0 Å². The summed E-state index contributed by atoms with van der Waals surface area (Å²) in [4.78, 5) is 1.88. The summed E-state index contributed by atoms with van der Waals surface area (Å²) in [6.45, 7) is 0. The lowest BCUT2D eigenvalue weighted by Crippen LogP contribution is -2.12. The molecule has 0 spiro atoms. The Labute approximate surface area is 120 Å². The number of rotatable bonds is 3. The highest BCUT2D eigenvalue weighted by Gasteiger charge is 2.08. The fourth-order valence-corrected chi connectivity index (χ4v) is 2.80. The fourth-order valence-electron chi connectivity index (χ4n) is 1.43. The van der Waals surface area contributed by atoms with E-state index in [1.807, 2.05) is 24.3 Å². The molecule has 0 atom stereocenters.